The highest BCUT2D eigenvalue weighted by Crippen LogP contribution is 2.28. The normalized spacial score (nSPS) is 11.3. The molecule has 0 radical (unpaired) electrons. The summed E-state index contributed by atoms with van der Waals surface area (Å²) in [7, 11) is 0. The van der Waals surface area contributed by atoms with Gasteiger partial charge in [0.1, 0.15) is 23.3 Å². The summed E-state index contributed by atoms with van der Waals surface area (Å²) < 4.78 is 53.8. The second-order valence-corrected chi connectivity index (χ2v) is 7.76. The van der Waals surface area contributed by atoms with Gasteiger partial charge in [0.2, 0.25) is 0 Å². The van der Waals surface area contributed by atoms with Gasteiger partial charge in [0.25, 0.3) is 5.91 Å². The van der Waals surface area contributed by atoms with E-state index in [0.29, 0.717) is 35.5 Å². The van der Waals surface area contributed by atoms with E-state index in [1.54, 1.807) is 0 Å². The third-order valence-corrected chi connectivity index (χ3v) is 5.33. The van der Waals surface area contributed by atoms with E-state index in [2.05, 4.69) is 15.5 Å². The largest absolute Gasteiger partial charge is 0.435 e. The summed E-state index contributed by atoms with van der Waals surface area (Å²) in [5.41, 5.74) is 6.92. The van der Waals surface area contributed by atoms with Crippen LogP contribution in [0.25, 0.3) is 11.4 Å². The molecular formula is C24H19F4N7O. The SMILES string of the molecule is N#Cc1c(CCCNC(=O)c2ccc(-n3ccc(C(F)(F)F)n3)cc2)nn(-c2ccc(F)cc2)c1N. The summed E-state index contributed by atoms with van der Waals surface area (Å²) in [6.07, 6.45) is -2.52. The summed E-state index contributed by atoms with van der Waals surface area (Å²) >= 11 is 0. The third-order valence-electron chi connectivity index (χ3n) is 5.33. The molecule has 1 amide bonds. The second kappa shape index (κ2) is 9.91. The molecule has 2 heterocycles. The van der Waals surface area contributed by atoms with Gasteiger partial charge in [0.15, 0.2) is 5.69 Å². The Bertz CT molecular complexity index is 1410. The van der Waals surface area contributed by atoms with Gasteiger partial charge >= 0.3 is 6.18 Å². The number of nitrogens with one attached hydrogen (secondary N) is 1. The van der Waals surface area contributed by atoms with Crippen molar-refractivity contribution in [1.82, 2.24) is 24.9 Å². The number of aromatic nitrogens is 4. The number of nitrogens with zero attached hydrogens (tertiary/aromatic N) is 5. The summed E-state index contributed by atoms with van der Waals surface area (Å²) in [5.74, 6) is -0.634. The van der Waals surface area contributed by atoms with Crippen molar-refractivity contribution >= 4 is 11.7 Å². The quantitative estimate of drug-likeness (QED) is 0.296. The number of carbonyl (C=O) groups excluding carboxylic acids is 1. The van der Waals surface area contributed by atoms with E-state index >= 15 is 0 Å². The first-order chi connectivity index (χ1) is 17.2. The number of benzene rings is 2. The molecule has 8 nitrogen and oxygen atoms in total. The van der Waals surface area contributed by atoms with Crippen LogP contribution in [0.2, 0.25) is 0 Å². The topological polar surface area (TPSA) is 115 Å². The molecule has 0 fully saturated rings. The predicted octanol–water partition coefficient (Wildman–Crippen LogP) is 4.03. The lowest BCUT2D eigenvalue weighted by Gasteiger charge is -2.07. The van der Waals surface area contributed by atoms with Crippen molar-refractivity contribution in [3.8, 4) is 17.4 Å². The number of halogens is 4. The van der Waals surface area contributed by atoms with E-state index in [1.165, 1.54) is 59.4 Å². The van der Waals surface area contributed by atoms with Crippen LogP contribution in [0.1, 0.15) is 33.7 Å². The van der Waals surface area contributed by atoms with E-state index in [1.807, 2.05) is 6.07 Å². The lowest BCUT2D eigenvalue weighted by Crippen LogP contribution is -2.24. The lowest BCUT2D eigenvalue weighted by molar-refractivity contribution is -0.141. The molecule has 0 aliphatic heterocycles. The Morgan fingerprint density at radius 2 is 1.69 bits per heavy atom. The molecular weight excluding hydrogens is 478 g/mol. The number of anilines is 1. The van der Waals surface area contributed by atoms with Crippen molar-refractivity contribution in [2.75, 3.05) is 12.3 Å². The van der Waals surface area contributed by atoms with Crippen molar-refractivity contribution in [1.29, 1.82) is 5.26 Å². The van der Waals surface area contributed by atoms with Gasteiger partial charge in [0, 0.05) is 18.3 Å². The van der Waals surface area contributed by atoms with Crippen molar-refractivity contribution in [3.05, 3.63) is 89.1 Å². The summed E-state index contributed by atoms with van der Waals surface area (Å²) in [4.78, 5) is 12.4. The highest BCUT2D eigenvalue weighted by molar-refractivity contribution is 5.94. The molecule has 12 heteroatoms. The number of alkyl halides is 3. The molecule has 0 saturated carbocycles. The van der Waals surface area contributed by atoms with Gasteiger partial charge < -0.3 is 11.1 Å². The fourth-order valence-corrected chi connectivity index (χ4v) is 3.50. The van der Waals surface area contributed by atoms with Crippen LogP contribution in [0, 0.1) is 17.1 Å². The number of nitrogens with two attached hydrogens (primary N) is 1. The van der Waals surface area contributed by atoms with Gasteiger partial charge in [-0.05, 0) is 67.4 Å². The van der Waals surface area contributed by atoms with E-state index in [4.69, 9.17) is 5.73 Å². The zero-order valence-corrected chi connectivity index (χ0v) is 18.6. The van der Waals surface area contributed by atoms with Crippen LogP contribution < -0.4 is 11.1 Å². The van der Waals surface area contributed by atoms with Gasteiger partial charge in [-0.25, -0.2) is 13.8 Å². The third kappa shape index (κ3) is 5.20. The molecule has 2 aromatic heterocycles. The number of amides is 1. The van der Waals surface area contributed by atoms with Crippen LogP contribution in [0.15, 0.2) is 60.8 Å². The zero-order chi connectivity index (χ0) is 25.9. The molecule has 0 atom stereocenters. The molecule has 0 saturated heterocycles. The van der Waals surface area contributed by atoms with Crippen molar-refractivity contribution in [3.63, 3.8) is 0 Å². The number of hydrogen-bond donors (Lipinski definition) is 2. The molecule has 0 unspecified atom stereocenters. The van der Waals surface area contributed by atoms with E-state index in [9.17, 15) is 27.6 Å². The van der Waals surface area contributed by atoms with Crippen LogP contribution in [-0.4, -0.2) is 32.0 Å². The maximum atomic E-state index is 13.2. The van der Waals surface area contributed by atoms with E-state index in [-0.39, 0.29) is 23.8 Å². The molecule has 184 valence electrons. The zero-order valence-electron chi connectivity index (χ0n) is 18.6. The van der Waals surface area contributed by atoms with Gasteiger partial charge in [-0.1, -0.05) is 0 Å². The lowest BCUT2D eigenvalue weighted by atomic mass is 10.1. The number of aryl methyl sites for hydroxylation is 1. The number of nitriles is 1. The first-order valence-corrected chi connectivity index (χ1v) is 10.7. The van der Waals surface area contributed by atoms with Crippen molar-refractivity contribution < 1.29 is 22.4 Å². The summed E-state index contributed by atoms with van der Waals surface area (Å²) in [5, 5.41) is 20.1. The second-order valence-electron chi connectivity index (χ2n) is 7.76. The smallest absolute Gasteiger partial charge is 0.382 e. The number of hydrogen-bond acceptors (Lipinski definition) is 5. The van der Waals surface area contributed by atoms with Crippen LogP contribution in [-0.2, 0) is 12.6 Å². The number of carbonyl (C=O) groups is 1. The Morgan fingerprint density at radius 1 is 1.03 bits per heavy atom. The fraction of sp³-hybridized carbons (Fsp3) is 0.167. The molecule has 0 spiro atoms. The average molecular weight is 497 g/mol. The first kappa shape index (κ1) is 24.5. The maximum absolute atomic E-state index is 13.2. The first-order valence-electron chi connectivity index (χ1n) is 10.7. The minimum absolute atomic E-state index is 0.141. The Labute approximate surface area is 202 Å². The molecule has 0 bridgehead atoms. The van der Waals surface area contributed by atoms with Crippen LogP contribution >= 0.6 is 0 Å². The summed E-state index contributed by atoms with van der Waals surface area (Å²) in [6, 6.07) is 14.4. The van der Waals surface area contributed by atoms with E-state index < -0.39 is 17.7 Å². The minimum Gasteiger partial charge on any atom is -0.382 e. The Kier molecular flexibility index (Phi) is 6.73. The van der Waals surface area contributed by atoms with Gasteiger partial charge in [-0.15, -0.1) is 0 Å². The highest BCUT2D eigenvalue weighted by atomic mass is 19.4. The predicted molar refractivity (Wildman–Crippen MR) is 122 cm³/mol. The average Bonchev–Trinajstić information content (AvgIpc) is 3.47. The molecule has 36 heavy (non-hydrogen) atoms. The van der Waals surface area contributed by atoms with Crippen LogP contribution in [0.3, 0.4) is 0 Å². The summed E-state index contributed by atoms with van der Waals surface area (Å²) in [6.45, 7) is 0.281. The number of nitrogen functional groups attached to an aromatic ring is 1. The Balaban J connectivity index is 1.34. The molecule has 0 aliphatic rings. The van der Waals surface area contributed by atoms with Crippen LogP contribution in [0.5, 0.6) is 0 Å². The molecule has 4 aromatic rings. The highest BCUT2D eigenvalue weighted by Gasteiger charge is 2.33. The van der Waals surface area contributed by atoms with Gasteiger partial charge in [-0.2, -0.15) is 28.6 Å². The molecule has 2 aromatic carbocycles. The fourth-order valence-electron chi connectivity index (χ4n) is 3.50. The van der Waals surface area contributed by atoms with E-state index in [0.717, 1.165) is 10.7 Å². The standard InChI is InChI=1S/C24H19F4N7O/c25-16-5-9-18(10-6-16)35-22(30)19(14-29)20(32-35)2-1-12-31-23(36)15-3-7-17(8-4-15)34-13-11-21(33-34)24(26,27)28/h3-11,13H,1-2,12,30H2,(H,31,36). The number of rotatable bonds is 7. The monoisotopic (exact) mass is 497 g/mol. The van der Waals surface area contributed by atoms with Gasteiger partial charge in [-0.3, -0.25) is 4.79 Å². The minimum atomic E-state index is -4.54. The Hall–Kier alpha value is -4.66. The maximum Gasteiger partial charge on any atom is 0.435 e. The molecule has 4 rings (SSSR count). The molecule has 0 aliphatic carbocycles. The Morgan fingerprint density at radius 3 is 2.31 bits per heavy atom. The van der Waals surface area contributed by atoms with Crippen molar-refractivity contribution in [2.24, 2.45) is 0 Å². The van der Waals surface area contributed by atoms with Crippen molar-refractivity contribution in [2.45, 2.75) is 19.0 Å². The molecule has 3 N–H and O–H groups in total. The van der Waals surface area contributed by atoms with Gasteiger partial charge in [0.05, 0.1) is 17.1 Å². The van der Waals surface area contributed by atoms with Crippen LogP contribution in [0.4, 0.5) is 23.4 Å².